The van der Waals surface area contributed by atoms with E-state index in [0.29, 0.717) is 23.6 Å². The molecule has 0 aliphatic heterocycles. The Labute approximate surface area is 240 Å². The van der Waals surface area contributed by atoms with E-state index in [9.17, 15) is 22.4 Å². The third-order valence-corrected chi connectivity index (χ3v) is 8.24. The first-order chi connectivity index (χ1) is 19.0. The maximum atomic E-state index is 14.9. The molecule has 0 fully saturated rings. The van der Waals surface area contributed by atoms with Gasteiger partial charge in [-0.25, -0.2) is 8.70 Å². The van der Waals surface area contributed by atoms with Crippen LogP contribution in [0.4, 0.5) is 10.1 Å². The quantitative estimate of drug-likeness (QED) is 0.323. The number of carbonyl (C=O) groups is 2. The standard InChI is InChI=1S/C29H34ClFN4O4S/c1-4-17-32-29(37)27(19-22-11-6-5-7-12-22)34(20-23-13-10-14-24(30)18-23)28(36)21-35(40(38,39)33(2)3)26-16-9-8-15-25(26)31/h5-16,18,27H,4,17,19-21H2,1-3H3,(H,32,37)/t27-/m1/s1. The van der Waals surface area contributed by atoms with Crippen LogP contribution in [-0.2, 0) is 32.8 Å². The summed E-state index contributed by atoms with van der Waals surface area (Å²) in [7, 11) is -1.69. The second-order valence-electron chi connectivity index (χ2n) is 9.40. The molecule has 0 spiro atoms. The molecular weight excluding hydrogens is 555 g/mol. The number of anilines is 1. The minimum absolute atomic E-state index is 0.0242. The molecule has 2 amide bonds. The van der Waals surface area contributed by atoms with Gasteiger partial charge in [-0.1, -0.05) is 73.1 Å². The Kier molecular flexibility index (Phi) is 11.1. The van der Waals surface area contributed by atoms with Crippen LogP contribution in [0.25, 0.3) is 0 Å². The van der Waals surface area contributed by atoms with Gasteiger partial charge >= 0.3 is 10.2 Å². The van der Waals surface area contributed by atoms with Crippen LogP contribution in [0, 0.1) is 5.82 Å². The van der Waals surface area contributed by atoms with Crippen molar-refractivity contribution in [2.45, 2.75) is 32.4 Å². The molecule has 3 aromatic rings. The van der Waals surface area contributed by atoms with Crippen LogP contribution in [0.5, 0.6) is 0 Å². The van der Waals surface area contributed by atoms with Crippen LogP contribution < -0.4 is 9.62 Å². The zero-order valence-electron chi connectivity index (χ0n) is 22.8. The van der Waals surface area contributed by atoms with Crippen LogP contribution in [-0.4, -0.2) is 62.7 Å². The van der Waals surface area contributed by atoms with Gasteiger partial charge < -0.3 is 10.2 Å². The van der Waals surface area contributed by atoms with Crippen LogP contribution in [0.1, 0.15) is 24.5 Å². The van der Waals surface area contributed by atoms with Gasteiger partial charge in [0.15, 0.2) is 0 Å². The van der Waals surface area contributed by atoms with E-state index in [1.807, 2.05) is 37.3 Å². The predicted molar refractivity (Wildman–Crippen MR) is 156 cm³/mol. The third kappa shape index (κ3) is 8.03. The minimum Gasteiger partial charge on any atom is -0.354 e. The molecule has 0 radical (unpaired) electrons. The lowest BCUT2D eigenvalue weighted by Crippen LogP contribution is -2.54. The van der Waals surface area contributed by atoms with Crippen molar-refractivity contribution in [3.05, 3.63) is 101 Å². The zero-order valence-corrected chi connectivity index (χ0v) is 24.3. The van der Waals surface area contributed by atoms with Crippen molar-refractivity contribution in [3.63, 3.8) is 0 Å². The molecule has 0 bridgehead atoms. The summed E-state index contributed by atoms with van der Waals surface area (Å²) in [6, 6.07) is 20.4. The number of halogens is 2. The van der Waals surface area contributed by atoms with Gasteiger partial charge in [0.05, 0.1) is 5.69 Å². The second kappa shape index (κ2) is 14.2. The number of hydrogen-bond donors (Lipinski definition) is 1. The van der Waals surface area contributed by atoms with Crippen LogP contribution in [0.15, 0.2) is 78.9 Å². The van der Waals surface area contributed by atoms with E-state index in [4.69, 9.17) is 11.6 Å². The molecular formula is C29H34ClFN4O4S. The highest BCUT2D eigenvalue weighted by molar-refractivity contribution is 7.90. The molecule has 0 saturated carbocycles. The zero-order chi connectivity index (χ0) is 29.3. The first-order valence-corrected chi connectivity index (χ1v) is 14.6. The van der Waals surface area contributed by atoms with Crippen molar-refractivity contribution in [1.82, 2.24) is 14.5 Å². The molecule has 214 valence electrons. The normalized spacial score (nSPS) is 12.2. The molecule has 0 aliphatic rings. The molecule has 0 unspecified atom stereocenters. The van der Waals surface area contributed by atoms with Crippen molar-refractivity contribution in [2.24, 2.45) is 0 Å². The number of nitrogens with one attached hydrogen (secondary N) is 1. The van der Waals surface area contributed by atoms with E-state index in [2.05, 4.69) is 5.32 Å². The summed E-state index contributed by atoms with van der Waals surface area (Å²) in [5.74, 6) is -1.86. The fourth-order valence-corrected chi connectivity index (χ4v) is 5.39. The number of nitrogens with zero attached hydrogens (tertiary/aromatic N) is 3. The molecule has 0 saturated heterocycles. The Morgan fingerprint density at radius 1 is 0.950 bits per heavy atom. The fraction of sp³-hybridized carbons (Fsp3) is 0.310. The number of para-hydroxylation sites is 1. The highest BCUT2D eigenvalue weighted by atomic mass is 35.5. The summed E-state index contributed by atoms with van der Waals surface area (Å²) in [5.41, 5.74) is 1.19. The first kappa shape index (κ1) is 31.1. The Hall–Kier alpha value is -3.47. The molecule has 11 heteroatoms. The molecule has 0 aliphatic carbocycles. The Bertz CT molecular complexity index is 1410. The van der Waals surface area contributed by atoms with Gasteiger partial charge in [0.2, 0.25) is 11.8 Å². The molecule has 0 heterocycles. The van der Waals surface area contributed by atoms with Gasteiger partial charge in [0.1, 0.15) is 18.4 Å². The van der Waals surface area contributed by atoms with E-state index in [1.165, 1.54) is 37.2 Å². The lowest BCUT2D eigenvalue weighted by molar-refractivity contribution is -0.140. The van der Waals surface area contributed by atoms with Gasteiger partial charge in [-0.2, -0.15) is 12.7 Å². The van der Waals surface area contributed by atoms with Gasteiger partial charge in [0.25, 0.3) is 0 Å². The summed E-state index contributed by atoms with van der Waals surface area (Å²) in [6.45, 7) is 1.57. The van der Waals surface area contributed by atoms with Crippen molar-refractivity contribution in [3.8, 4) is 0 Å². The van der Waals surface area contributed by atoms with Crippen molar-refractivity contribution in [1.29, 1.82) is 0 Å². The monoisotopic (exact) mass is 588 g/mol. The van der Waals surface area contributed by atoms with Crippen LogP contribution >= 0.6 is 11.6 Å². The molecule has 0 aromatic heterocycles. The summed E-state index contributed by atoms with van der Waals surface area (Å²) >= 11 is 6.21. The number of benzene rings is 3. The Balaban J connectivity index is 2.09. The minimum atomic E-state index is -4.28. The smallest absolute Gasteiger partial charge is 0.304 e. The fourth-order valence-electron chi connectivity index (χ4n) is 4.11. The van der Waals surface area contributed by atoms with E-state index < -0.39 is 34.5 Å². The van der Waals surface area contributed by atoms with E-state index in [1.54, 1.807) is 24.3 Å². The molecule has 8 nitrogen and oxygen atoms in total. The average molecular weight is 589 g/mol. The topological polar surface area (TPSA) is 90.0 Å². The number of rotatable bonds is 13. The average Bonchev–Trinajstić information content (AvgIpc) is 2.93. The van der Waals surface area contributed by atoms with Gasteiger partial charge in [-0.05, 0) is 41.8 Å². The SMILES string of the molecule is CCCNC(=O)[C@@H](Cc1ccccc1)N(Cc1cccc(Cl)c1)C(=O)CN(c1ccccc1F)S(=O)(=O)N(C)C. The number of amides is 2. The van der Waals surface area contributed by atoms with E-state index in [-0.39, 0.29) is 24.6 Å². The lowest BCUT2D eigenvalue weighted by Gasteiger charge is -2.34. The van der Waals surface area contributed by atoms with Crippen molar-refractivity contribution in [2.75, 3.05) is 31.5 Å². The lowest BCUT2D eigenvalue weighted by atomic mass is 10.0. The summed E-state index contributed by atoms with van der Waals surface area (Å²) < 4.78 is 43.1. The number of hydrogen-bond acceptors (Lipinski definition) is 4. The molecule has 3 aromatic carbocycles. The maximum Gasteiger partial charge on any atom is 0.304 e. The first-order valence-electron chi connectivity index (χ1n) is 12.8. The third-order valence-electron chi connectivity index (χ3n) is 6.20. The van der Waals surface area contributed by atoms with Gasteiger partial charge in [-0.15, -0.1) is 0 Å². The van der Waals surface area contributed by atoms with Gasteiger partial charge in [0, 0.05) is 38.6 Å². The van der Waals surface area contributed by atoms with Crippen molar-refractivity contribution >= 4 is 39.3 Å². The second-order valence-corrected chi connectivity index (χ2v) is 11.9. The Morgan fingerprint density at radius 2 is 1.60 bits per heavy atom. The molecule has 1 atom stereocenters. The van der Waals surface area contributed by atoms with E-state index in [0.717, 1.165) is 20.2 Å². The van der Waals surface area contributed by atoms with E-state index >= 15 is 0 Å². The highest BCUT2D eigenvalue weighted by Gasteiger charge is 2.35. The van der Waals surface area contributed by atoms with Crippen LogP contribution in [0.2, 0.25) is 5.02 Å². The van der Waals surface area contributed by atoms with Gasteiger partial charge in [-0.3, -0.25) is 9.59 Å². The molecule has 40 heavy (non-hydrogen) atoms. The largest absolute Gasteiger partial charge is 0.354 e. The Morgan fingerprint density at radius 3 is 2.23 bits per heavy atom. The summed E-state index contributed by atoms with van der Waals surface area (Å²) in [6.07, 6.45) is 0.872. The number of carbonyl (C=O) groups excluding carboxylic acids is 2. The summed E-state index contributed by atoms with van der Waals surface area (Å²) in [4.78, 5) is 28.9. The molecule has 3 rings (SSSR count). The highest BCUT2D eigenvalue weighted by Crippen LogP contribution is 2.24. The predicted octanol–water partition coefficient (Wildman–Crippen LogP) is 4.26. The molecule has 1 N–H and O–H groups in total. The van der Waals surface area contributed by atoms with Crippen molar-refractivity contribution < 1.29 is 22.4 Å². The maximum absolute atomic E-state index is 14.9. The van der Waals surface area contributed by atoms with Crippen LogP contribution in [0.3, 0.4) is 0 Å². The summed E-state index contributed by atoms with van der Waals surface area (Å²) in [5, 5.41) is 3.32.